The van der Waals surface area contributed by atoms with Gasteiger partial charge in [0.15, 0.2) is 0 Å². The molecule has 0 aromatic heterocycles. The number of nitrogens with zero attached hydrogens (tertiary/aromatic N) is 1. The normalized spacial score (nSPS) is 11.6. The predicted octanol–water partition coefficient (Wildman–Crippen LogP) is 4.38. The largest absolute Gasteiger partial charge is 0.497 e. The molecule has 3 aromatic rings. The van der Waals surface area contributed by atoms with Crippen LogP contribution < -0.4 is 10.1 Å². The molecule has 166 valence electrons. The quantitative estimate of drug-likeness (QED) is 0.548. The van der Waals surface area contributed by atoms with Crippen molar-refractivity contribution in [1.29, 1.82) is 0 Å². The summed E-state index contributed by atoms with van der Waals surface area (Å²) in [5, 5.41) is 2.67. The Labute approximate surface area is 190 Å². The Morgan fingerprint density at radius 1 is 0.875 bits per heavy atom. The number of ether oxygens (including phenoxy) is 1. The third kappa shape index (κ3) is 5.76. The average molecular weight is 431 g/mol. The van der Waals surface area contributed by atoms with Crippen molar-refractivity contribution in [3.8, 4) is 5.75 Å². The zero-order valence-corrected chi connectivity index (χ0v) is 18.8. The van der Waals surface area contributed by atoms with E-state index < -0.39 is 6.04 Å². The number of methoxy groups -OCH3 is 1. The summed E-state index contributed by atoms with van der Waals surface area (Å²) >= 11 is 0. The Kier molecular flexibility index (Phi) is 8.03. The number of carbonyl (C=O) groups is 2. The molecule has 0 bridgehead atoms. The van der Waals surface area contributed by atoms with Gasteiger partial charge < -0.3 is 15.0 Å². The van der Waals surface area contributed by atoms with Gasteiger partial charge in [-0.25, -0.2) is 0 Å². The summed E-state index contributed by atoms with van der Waals surface area (Å²) < 4.78 is 5.23. The molecule has 0 heterocycles. The Morgan fingerprint density at radius 2 is 1.41 bits per heavy atom. The molecule has 3 aromatic carbocycles. The molecule has 0 saturated heterocycles. The molecule has 0 fully saturated rings. The van der Waals surface area contributed by atoms with Crippen LogP contribution in [0.5, 0.6) is 5.75 Å². The van der Waals surface area contributed by atoms with Gasteiger partial charge in [-0.15, -0.1) is 0 Å². The highest BCUT2D eigenvalue weighted by Gasteiger charge is 2.28. The van der Waals surface area contributed by atoms with E-state index in [1.54, 1.807) is 26.0 Å². The fourth-order valence-electron chi connectivity index (χ4n) is 3.81. The van der Waals surface area contributed by atoms with Gasteiger partial charge in [0.05, 0.1) is 7.11 Å². The molecular formula is C27H30N2O3. The fourth-order valence-corrected chi connectivity index (χ4v) is 3.81. The summed E-state index contributed by atoms with van der Waals surface area (Å²) in [6.07, 6.45) is 0.269. The average Bonchev–Trinajstić information content (AvgIpc) is 2.86. The van der Waals surface area contributed by atoms with E-state index >= 15 is 0 Å². The van der Waals surface area contributed by atoms with Gasteiger partial charge in [0.1, 0.15) is 11.8 Å². The number of nitrogens with one attached hydrogen (secondary N) is 1. The van der Waals surface area contributed by atoms with Crippen molar-refractivity contribution in [2.24, 2.45) is 0 Å². The first-order valence-corrected chi connectivity index (χ1v) is 10.8. The van der Waals surface area contributed by atoms with Crippen LogP contribution in [0.1, 0.15) is 36.0 Å². The van der Waals surface area contributed by atoms with Crippen molar-refractivity contribution in [1.82, 2.24) is 10.2 Å². The zero-order chi connectivity index (χ0) is 22.9. The smallest absolute Gasteiger partial charge is 0.242 e. The van der Waals surface area contributed by atoms with Gasteiger partial charge in [0, 0.05) is 25.9 Å². The zero-order valence-electron chi connectivity index (χ0n) is 18.8. The summed E-state index contributed by atoms with van der Waals surface area (Å²) in [6, 6.07) is 27.0. The molecular weight excluding hydrogens is 400 g/mol. The lowest BCUT2D eigenvalue weighted by Crippen LogP contribution is -2.47. The van der Waals surface area contributed by atoms with Crippen LogP contribution in [0.4, 0.5) is 0 Å². The van der Waals surface area contributed by atoms with E-state index in [0.717, 1.165) is 22.4 Å². The molecule has 0 aliphatic rings. The third-order valence-electron chi connectivity index (χ3n) is 5.71. The van der Waals surface area contributed by atoms with Gasteiger partial charge in [0.25, 0.3) is 0 Å². The Hall–Kier alpha value is -3.60. The lowest BCUT2D eigenvalue weighted by Gasteiger charge is -2.30. The molecule has 2 amide bonds. The van der Waals surface area contributed by atoms with E-state index in [1.165, 1.54) is 0 Å². The van der Waals surface area contributed by atoms with Gasteiger partial charge >= 0.3 is 0 Å². The van der Waals surface area contributed by atoms with Crippen LogP contribution in [0.3, 0.4) is 0 Å². The maximum Gasteiger partial charge on any atom is 0.242 e. The van der Waals surface area contributed by atoms with Crippen molar-refractivity contribution < 1.29 is 14.3 Å². The molecule has 3 rings (SSSR count). The monoisotopic (exact) mass is 430 g/mol. The molecule has 0 aliphatic carbocycles. The van der Waals surface area contributed by atoms with Gasteiger partial charge in [-0.3, -0.25) is 9.59 Å². The van der Waals surface area contributed by atoms with Gasteiger partial charge in [-0.2, -0.15) is 0 Å². The number of likely N-dealkylation sites (N-methyl/N-ethyl adjacent to an activating group) is 1. The van der Waals surface area contributed by atoms with Crippen LogP contribution >= 0.6 is 0 Å². The number of amides is 2. The summed E-state index contributed by atoms with van der Waals surface area (Å²) in [7, 11) is 3.21. The summed E-state index contributed by atoms with van der Waals surface area (Å²) in [5.41, 5.74) is 3.08. The van der Waals surface area contributed by atoms with E-state index in [0.29, 0.717) is 6.54 Å². The second kappa shape index (κ2) is 11.1. The van der Waals surface area contributed by atoms with Crippen LogP contribution in [0, 0.1) is 0 Å². The first-order chi connectivity index (χ1) is 15.5. The molecule has 5 nitrogen and oxygen atoms in total. The lowest BCUT2D eigenvalue weighted by molar-refractivity contribution is -0.140. The minimum atomic E-state index is -0.596. The summed E-state index contributed by atoms with van der Waals surface area (Å²) in [5.74, 6) is 0.386. The number of hydrogen-bond donors (Lipinski definition) is 1. The second-order valence-corrected chi connectivity index (χ2v) is 7.74. The first-order valence-electron chi connectivity index (χ1n) is 10.8. The van der Waals surface area contributed by atoms with E-state index in [4.69, 9.17) is 4.74 Å². The van der Waals surface area contributed by atoms with E-state index in [-0.39, 0.29) is 24.2 Å². The maximum absolute atomic E-state index is 13.6. The van der Waals surface area contributed by atoms with Crippen LogP contribution in [0.25, 0.3) is 0 Å². The van der Waals surface area contributed by atoms with Crippen molar-refractivity contribution in [3.05, 3.63) is 102 Å². The highest BCUT2D eigenvalue weighted by molar-refractivity contribution is 5.87. The van der Waals surface area contributed by atoms with Crippen LogP contribution in [-0.2, 0) is 16.1 Å². The fraction of sp³-hybridized carbons (Fsp3) is 0.259. The highest BCUT2D eigenvalue weighted by Crippen LogP contribution is 2.29. The minimum absolute atomic E-state index is 0.0744. The summed E-state index contributed by atoms with van der Waals surface area (Å²) in [4.78, 5) is 27.7. The molecule has 0 unspecified atom stereocenters. The minimum Gasteiger partial charge on any atom is -0.497 e. The SMILES string of the molecule is CNC(=O)[C@@H](C)N(Cc1ccc(OC)cc1)C(=O)CC(c1ccccc1)c1ccccc1. The van der Waals surface area contributed by atoms with Gasteiger partial charge in [-0.1, -0.05) is 72.8 Å². The Balaban J connectivity index is 1.89. The standard InChI is InChI=1S/C27H30N2O3/c1-20(27(31)28-2)29(19-21-14-16-24(32-3)17-15-21)26(30)18-25(22-10-6-4-7-11-22)23-12-8-5-9-13-23/h4-17,20,25H,18-19H2,1-3H3,(H,28,31)/t20-/m1/s1. The number of hydrogen-bond acceptors (Lipinski definition) is 3. The van der Waals surface area contributed by atoms with Crippen molar-refractivity contribution in [3.63, 3.8) is 0 Å². The topological polar surface area (TPSA) is 58.6 Å². The Morgan fingerprint density at radius 3 is 1.88 bits per heavy atom. The molecule has 0 spiro atoms. The molecule has 0 aliphatic heterocycles. The van der Waals surface area contributed by atoms with Crippen molar-refractivity contribution in [2.45, 2.75) is 31.8 Å². The van der Waals surface area contributed by atoms with Crippen molar-refractivity contribution in [2.75, 3.05) is 14.2 Å². The molecule has 5 heteroatoms. The van der Waals surface area contributed by atoms with E-state index in [2.05, 4.69) is 5.32 Å². The molecule has 0 radical (unpaired) electrons. The van der Waals surface area contributed by atoms with Crippen LogP contribution in [-0.4, -0.2) is 36.9 Å². The number of carbonyl (C=O) groups excluding carboxylic acids is 2. The number of rotatable bonds is 9. The highest BCUT2D eigenvalue weighted by atomic mass is 16.5. The van der Waals surface area contributed by atoms with Gasteiger partial charge in [0.2, 0.25) is 11.8 Å². The lowest BCUT2D eigenvalue weighted by atomic mass is 9.88. The van der Waals surface area contributed by atoms with Crippen LogP contribution in [0.2, 0.25) is 0 Å². The maximum atomic E-state index is 13.6. The number of benzene rings is 3. The van der Waals surface area contributed by atoms with E-state index in [9.17, 15) is 9.59 Å². The van der Waals surface area contributed by atoms with Gasteiger partial charge in [-0.05, 0) is 35.7 Å². The molecule has 1 N–H and O–H groups in total. The van der Waals surface area contributed by atoms with Crippen molar-refractivity contribution >= 4 is 11.8 Å². The second-order valence-electron chi connectivity index (χ2n) is 7.74. The predicted molar refractivity (Wildman–Crippen MR) is 126 cm³/mol. The molecule has 32 heavy (non-hydrogen) atoms. The summed E-state index contributed by atoms with van der Waals surface area (Å²) in [6.45, 7) is 2.11. The van der Waals surface area contributed by atoms with Crippen LogP contribution in [0.15, 0.2) is 84.9 Å². The third-order valence-corrected chi connectivity index (χ3v) is 5.71. The molecule has 1 atom stereocenters. The molecule has 0 saturated carbocycles. The first kappa shape index (κ1) is 23.1. The Bertz CT molecular complexity index is 965. The van der Waals surface area contributed by atoms with E-state index in [1.807, 2.05) is 84.9 Å².